The van der Waals surface area contributed by atoms with Crippen LogP contribution < -0.4 is 10.1 Å². The molecule has 1 aromatic carbocycles. The van der Waals surface area contributed by atoms with Crippen molar-refractivity contribution in [1.29, 1.82) is 0 Å². The number of anilines is 1. The zero-order chi connectivity index (χ0) is 18.2. The summed E-state index contributed by atoms with van der Waals surface area (Å²) in [7, 11) is 1.46. The Morgan fingerprint density at radius 1 is 1.08 bits per heavy atom. The highest BCUT2D eigenvalue weighted by atomic mass is 35.5. The monoisotopic (exact) mass is 379 g/mol. The highest BCUT2D eigenvalue weighted by Crippen LogP contribution is 2.32. The summed E-state index contributed by atoms with van der Waals surface area (Å²) in [5.74, 6) is -0.0848. The number of hydrogen-bond acceptors (Lipinski definition) is 5. The van der Waals surface area contributed by atoms with Gasteiger partial charge in [0.2, 0.25) is 5.91 Å². The minimum Gasteiger partial charge on any atom is -0.493 e. The van der Waals surface area contributed by atoms with Gasteiger partial charge in [-0.2, -0.15) is 0 Å². The maximum atomic E-state index is 12.0. The number of Topliss-reactive ketones (excluding diaryl/α,β-unsaturated/α-hetero) is 2. The van der Waals surface area contributed by atoms with Crippen LogP contribution in [-0.4, -0.2) is 24.6 Å². The van der Waals surface area contributed by atoms with Crippen LogP contribution in [0.3, 0.4) is 0 Å². The second-order valence-electron chi connectivity index (χ2n) is 5.31. The van der Waals surface area contributed by atoms with Gasteiger partial charge in [-0.05, 0) is 23.6 Å². The minimum atomic E-state index is -0.307. The van der Waals surface area contributed by atoms with E-state index in [0.717, 1.165) is 0 Å². The van der Waals surface area contributed by atoms with Crippen LogP contribution in [0.1, 0.15) is 35.4 Å². The van der Waals surface area contributed by atoms with Crippen LogP contribution in [0, 0.1) is 0 Å². The van der Waals surface area contributed by atoms with Gasteiger partial charge in [0, 0.05) is 25.7 Å². The summed E-state index contributed by atoms with van der Waals surface area (Å²) in [5.41, 5.74) is 0.459. The van der Waals surface area contributed by atoms with Gasteiger partial charge in [0.25, 0.3) is 0 Å². The molecule has 0 spiro atoms. The molecule has 0 saturated carbocycles. The first kappa shape index (κ1) is 19.1. The minimum absolute atomic E-state index is 0.0433. The zero-order valence-corrected chi connectivity index (χ0v) is 15.3. The van der Waals surface area contributed by atoms with E-state index in [2.05, 4.69) is 5.32 Å². The van der Waals surface area contributed by atoms with Crippen molar-refractivity contribution < 1.29 is 19.1 Å². The lowest BCUT2D eigenvalue weighted by molar-refractivity contribution is -0.122. The van der Waals surface area contributed by atoms with Crippen molar-refractivity contribution in [1.82, 2.24) is 0 Å². The van der Waals surface area contributed by atoms with Crippen molar-refractivity contribution >= 4 is 46.1 Å². The molecule has 1 heterocycles. The number of carbonyl (C=O) groups excluding carboxylic acids is 3. The number of benzene rings is 1. The first-order chi connectivity index (χ1) is 12.0. The Hall–Kier alpha value is -2.18. The average Bonchev–Trinajstić information content (AvgIpc) is 3.13. The van der Waals surface area contributed by atoms with Crippen LogP contribution in [0.25, 0.3) is 0 Å². The van der Waals surface area contributed by atoms with Gasteiger partial charge in [-0.1, -0.05) is 23.7 Å². The van der Waals surface area contributed by atoms with E-state index in [4.69, 9.17) is 16.3 Å². The molecule has 0 radical (unpaired) electrons. The van der Waals surface area contributed by atoms with Crippen molar-refractivity contribution in [3.05, 3.63) is 45.6 Å². The molecule has 5 nitrogen and oxygen atoms in total. The summed E-state index contributed by atoms with van der Waals surface area (Å²) in [5, 5.41) is 4.89. The summed E-state index contributed by atoms with van der Waals surface area (Å²) >= 11 is 7.35. The first-order valence-electron chi connectivity index (χ1n) is 7.72. The number of carbonyl (C=O) groups is 3. The van der Waals surface area contributed by atoms with E-state index in [0.29, 0.717) is 21.3 Å². The number of hydrogen-bond donors (Lipinski definition) is 1. The zero-order valence-electron chi connectivity index (χ0n) is 13.7. The number of ether oxygens (including phenoxy) is 1. The highest BCUT2D eigenvalue weighted by Gasteiger charge is 2.14. The van der Waals surface area contributed by atoms with E-state index >= 15 is 0 Å². The summed E-state index contributed by atoms with van der Waals surface area (Å²) < 4.78 is 5.15. The molecule has 0 aliphatic carbocycles. The third-order valence-electron chi connectivity index (χ3n) is 3.50. The van der Waals surface area contributed by atoms with Crippen LogP contribution in [0.2, 0.25) is 5.02 Å². The molecule has 0 fully saturated rings. The Balaban J connectivity index is 1.77. The number of thiophene rings is 1. The Kier molecular flexibility index (Phi) is 7.16. The Labute approximate surface area is 154 Å². The van der Waals surface area contributed by atoms with E-state index in [1.54, 1.807) is 30.3 Å². The topological polar surface area (TPSA) is 72.5 Å². The number of rotatable bonds is 9. The van der Waals surface area contributed by atoms with Crippen molar-refractivity contribution in [3.8, 4) is 5.75 Å². The molecule has 0 bridgehead atoms. The summed E-state index contributed by atoms with van der Waals surface area (Å²) in [4.78, 5) is 36.4. The van der Waals surface area contributed by atoms with Crippen molar-refractivity contribution in [2.24, 2.45) is 0 Å². The predicted octanol–water partition coefficient (Wildman–Crippen LogP) is 4.36. The van der Waals surface area contributed by atoms with E-state index in [-0.39, 0.29) is 43.2 Å². The standard InChI is InChI=1S/C18H18ClNO4S/c1-24-18-13(19)4-2-5-14(18)20-17(23)10-8-12(21)7-9-15(22)16-6-3-11-25-16/h2-6,11H,7-10H2,1H3,(H,20,23). The SMILES string of the molecule is COc1c(Cl)cccc1NC(=O)CCC(=O)CCC(=O)c1cccs1. The van der Waals surface area contributed by atoms with Crippen LogP contribution in [-0.2, 0) is 9.59 Å². The van der Waals surface area contributed by atoms with Crippen molar-refractivity contribution in [3.63, 3.8) is 0 Å². The number of para-hydroxylation sites is 1. The summed E-state index contributed by atoms with van der Waals surface area (Å²) in [6, 6.07) is 8.56. The average molecular weight is 380 g/mol. The van der Waals surface area contributed by atoms with Crippen LogP contribution in [0.5, 0.6) is 5.75 Å². The maximum Gasteiger partial charge on any atom is 0.224 e. The number of methoxy groups -OCH3 is 1. The molecule has 0 aliphatic rings. The Morgan fingerprint density at radius 3 is 2.52 bits per heavy atom. The second-order valence-corrected chi connectivity index (χ2v) is 6.66. The molecule has 2 aromatic rings. The van der Waals surface area contributed by atoms with Gasteiger partial charge in [0.05, 0.1) is 22.7 Å². The third kappa shape index (κ3) is 5.69. The van der Waals surface area contributed by atoms with E-state index in [1.165, 1.54) is 18.4 Å². The smallest absolute Gasteiger partial charge is 0.224 e. The quantitative estimate of drug-likeness (QED) is 0.657. The number of nitrogens with one attached hydrogen (secondary N) is 1. The van der Waals surface area contributed by atoms with Crippen LogP contribution >= 0.6 is 22.9 Å². The van der Waals surface area contributed by atoms with Crippen molar-refractivity contribution in [2.45, 2.75) is 25.7 Å². The summed E-state index contributed by atoms with van der Waals surface area (Å²) in [6.45, 7) is 0. The molecule has 0 saturated heterocycles. The van der Waals surface area contributed by atoms with Gasteiger partial charge in [-0.3, -0.25) is 14.4 Å². The molecular weight excluding hydrogens is 362 g/mol. The fourth-order valence-corrected chi connectivity index (χ4v) is 3.16. The van der Waals surface area contributed by atoms with E-state index in [1.807, 2.05) is 5.38 Å². The molecule has 132 valence electrons. The van der Waals surface area contributed by atoms with Crippen molar-refractivity contribution in [2.75, 3.05) is 12.4 Å². The molecule has 0 unspecified atom stereocenters. The second kappa shape index (κ2) is 9.34. The molecule has 1 N–H and O–H groups in total. The fraction of sp³-hybridized carbons (Fsp3) is 0.278. The highest BCUT2D eigenvalue weighted by molar-refractivity contribution is 7.12. The molecule has 1 amide bonds. The van der Waals surface area contributed by atoms with Crippen LogP contribution in [0.4, 0.5) is 5.69 Å². The lowest BCUT2D eigenvalue weighted by atomic mass is 10.1. The molecular formula is C18H18ClNO4S. The molecule has 25 heavy (non-hydrogen) atoms. The Morgan fingerprint density at radius 2 is 1.84 bits per heavy atom. The number of amides is 1. The third-order valence-corrected chi connectivity index (χ3v) is 4.71. The molecule has 0 atom stereocenters. The lowest BCUT2D eigenvalue weighted by Gasteiger charge is -2.11. The Bertz CT molecular complexity index is 758. The van der Waals surface area contributed by atoms with Gasteiger partial charge in [-0.15, -0.1) is 11.3 Å². The maximum absolute atomic E-state index is 12.0. The van der Waals surface area contributed by atoms with E-state index < -0.39 is 0 Å². The molecule has 7 heteroatoms. The predicted molar refractivity (Wildman–Crippen MR) is 98.8 cm³/mol. The van der Waals surface area contributed by atoms with Crippen LogP contribution in [0.15, 0.2) is 35.7 Å². The molecule has 1 aromatic heterocycles. The van der Waals surface area contributed by atoms with Gasteiger partial charge in [0.1, 0.15) is 5.78 Å². The van der Waals surface area contributed by atoms with Gasteiger partial charge < -0.3 is 10.1 Å². The molecule has 2 rings (SSSR count). The van der Waals surface area contributed by atoms with E-state index in [9.17, 15) is 14.4 Å². The molecule has 0 aliphatic heterocycles. The van der Waals surface area contributed by atoms with Gasteiger partial charge in [-0.25, -0.2) is 0 Å². The van der Waals surface area contributed by atoms with Gasteiger partial charge in [0.15, 0.2) is 11.5 Å². The summed E-state index contributed by atoms with van der Waals surface area (Å²) in [6.07, 6.45) is 0.446. The number of halogens is 1. The number of ketones is 2. The van der Waals surface area contributed by atoms with Gasteiger partial charge >= 0.3 is 0 Å². The lowest BCUT2D eigenvalue weighted by Crippen LogP contribution is -2.14. The first-order valence-corrected chi connectivity index (χ1v) is 8.97. The largest absolute Gasteiger partial charge is 0.493 e. The fourth-order valence-electron chi connectivity index (χ4n) is 2.22. The normalized spacial score (nSPS) is 10.3.